The average molecular weight is 482 g/mol. The number of aryl methyl sites for hydroxylation is 2. The molecule has 1 aliphatic heterocycles. The minimum Gasteiger partial charge on any atom is -0.396 e. The maximum absolute atomic E-state index is 9.32. The zero-order chi connectivity index (χ0) is 17.4. The van der Waals surface area contributed by atoms with E-state index in [4.69, 9.17) is 9.73 Å². The second kappa shape index (κ2) is 11.3. The zero-order valence-corrected chi connectivity index (χ0v) is 18.6. The Balaban J connectivity index is 0.00000312. The predicted molar refractivity (Wildman–Crippen MR) is 114 cm³/mol. The number of aromatic nitrogens is 1. The Labute approximate surface area is 171 Å². The van der Waals surface area contributed by atoms with Gasteiger partial charge in [-0.1, -0.05) is 0 Å². The molecular weight excluding hydrogens is 451 g/mol. The molecule has 6 nitrogen and oxygen atoms in total. The highest BCUT2D eigenvalue weighted by atomic mass is 127. The minimum atomic E-state index is -0.0114. The Bertz CT molecular complexity index is 545. The van der Waals surface area contributed by atoms with Crippen molar-refractivity contribution in [2.75, 3.05) is 39.5 Å². The summed E-state index contributed by atoms with van der Waals surface area (Å²) in [7, 11) is 0. The summed E-state index contributed by atoms with van der Waals surface area (Å²) >= 11 is 1.76. The number of hydrogen-bond acceptors (Lipinski definition) is 5. The number of nitrogens with zero attached hydrogens (tertiary/aromatic N) is 2. The third kappa shape index (κ3) is 6.99. The molecule has 1 aromatic rings. The van der Waals surface area contributed by atoms with Gasteiger partial charge in [-0.15, -0.1) is 35.3 Å². The molecule has 3 N–H and O–H groups in total. The lowest BCUT2D eigenvalue weighted by atomic mass is 9.84. The molecule has 0 aromatic carbocycles. The van der Waals surface area contributed by atoms with E-state index in [9.17, 15) is 5.11 Å². The molecule has 144 valence electrons. The fraction of sp³-hybridized carbons (Fsp3) is 0.765. The van der Waals surface area contributed by atoms with E-state index in [2.05, 4.69) is 29.5 Å². The first-order chi connectivity index (χ1) is 11.6. The second-order valence-electron chi connectivity index (χ2n) is 6.39. The van der Waals surface area contributed by atoms with E-state index in [-0.39, 0.29) is 36.0 Å². The number of guanidine groups is 1. The summed E-state index contributed by atoms with van der Waals surface area (Å²) in [5, 5.41) is 17.1. The van der Waals surface area contributed by atoms with Gasteiger partial charge in [-0.05, 0) is 33.6 Å². The smallest absolute Gasteiger partial charge is 0.191 e. The van der Waals surface area contributed by atoms with Crippen molar-refractivity contribution in [2.24, 2.45) is 10.4 Å². The molecule has 25 heavy (non-hydrogen) atoms. The van der Waals surface area contributed by atoms with Crippen molar-refractivity contribution in [1.82, 2.24) is 15.6 Å². The monoisotopic (exact) mass is 482 g/mol. The molecule has 0 radical (unpaired) electrons. The largest absolute Gasteiger partial charge is 0.396 e. The van der Waals surface area contributed by atoms with Gasteiger partial charge in [0.25, 0.3) is 0 Å². The van der Waals surface area contributed by atoms with Crippen molar-refractivity contribution in [3.05, 3.63) is 15.6 Å². The van der Waals surface area contributed by atoms with Crippen LogP contribution in [0.25, 0.3) is 0 Å². The summed E-state index contributed by atoms with van der Waals surface area (Å²) in [4.78, 5) is 10.5. The summed E-state index contributed by atoms with van der Waals surface area (Å²) in [5.41, 5.74) is 1.12. The molecule has 0 aliphatic carbocycles. The predicted octanol–water partition coefficient (Wildman–Crippen LogP) is 2.26. The molecular formula is C17H31IN4O2S. The van der Waals surface area contributed by atoms with E-state index in [1.807, 2.05) is 6.92 Å². The number of ether oxygens (including phenoxy) is 1. The lowest BCUT2D eigenvalue weighted by Crippen LogP contribution is -2.39. The molecule has 1 fully saturated rings. The molecule has 0 saturated carbocycles. The van der Waals surface area contributed by atoms with Crippen LogP contribution < -0.4 is 10.6 Å². The van der Waals surface area contributed by atoms with Gasteiger partial charge in [-0.3, -0.25) is 4.99 Å². The molecule has 2 rings (SSSR count). The lowest BCUT2D eigenvalue weighted by molar-refractivity contribution is 0.131. The first-order valence-corrected chi connectivity index (χ1v) is 9.54. The van der Waals surface area contributed by atoms with Crippen molar-refractivity contribution in [3.63, 3.8) is 0 Å². The van der Waals surface area contributed by atoms with Gasteiger partial charge in [0.1, 0.15) is 0 Å². The molecule has 1 saturated heterocycles. The number of rotatable bonds is 8. The van der Waals surface area contributed by atoms with Crippen molar-refractivity contribution < 1.29 is 9.84 Å². The average Bonchev–Trinajstić information content (AvgIpc) is 3.12. The maximum Gasteiger partial charge on any atom is 0.191 e. The normalized spacial score (nSPS) is 20.4. The highest BCUT2D eigenvalue weighted by Gasteiger charge is 2.34. The van der Waals surface area contributed by atoms with Gasteiger partial charge >= 0.3 is 0 Å². The van der Waals surface area contributed by atoms with Crippen LogP contribution in [0.2, 0.25) is 0 Å². The lowest BCUT2D eigenvalue weighted by Gasteiger charge is -2.24. The molecule has 8 heteroatoms. The third-order valence-corrected chi connectivity index (χ3v) is 5.52. The highest BCUT2D eigenvalue weighted by molar-refractivity contribution is 14.0. The molecule has 2 heterocycles. The standard InChI is InChI=1S/C17H30N4O2S.HI/c1-4-18-16(19-8-5-15-13(2)21-14(3)24-15)20-11-17(6-9-22)7-10-23-12-17;/h22H,4-12H2,1-3H3,(H2,18,19,20);1H. The zero-order valence-electron chi connectivity index (χ0n) is 15.4. The first kappa shape index (κ1) is 22.6. The van der Waals surface area contributed by atoms with Crippen molar-refractivity contribution in [1.29, 1.82) is 0 Å². The van der Waals surface area contributed by atoms with Crippen molar-refractivity contribution >= 4 is 41.3 Å². The molecule has 0 bridgehead atoms. The quantitative estimate of drug-likeness (QED) is 0.301. The number of aliphatic imine (C=N–C) groups is 1. The third-order valence-electron chi connectivity index (χ3n) is 4.39. The van der Waals surface area contributed by atoms with E-state index in [0.717, 1.165) is 55.6 Å². The minimum absolute atomic E-state index is 0. The summed E-state index contributed by atoms with van der Waals surface area (Å²) in [6.45, 7) is 10.2. The van der Waals surface area contributed by atoms with Gasteiger partial charge in [0.2, 0.25) is 0 Å². The summed E-state index contributed by atoms with van der Waals surface area (Å²) in [6, 6.07) is 0. The Morgan fingerprint density at radius 2 is 2.20 bits per heavy atom. The summed E-state index contributed by atoms with van der Waals surface area (Å²) in [5.74, 6) is 0.834. The summed E-state index contributed by atoms with van der Waals surface area (Å²) in [6.07, 6.45) is 2.66. The van der Waals surface area contributed by atoms with Crippen molar-refractivity contribution in [3.8, 4) is 0 Å². The van der Waals surface area contributed by atoms with Gasteiger partial charge in [-0.2, -0.15) is 0 Å². The Kier molecular flexibility index (Phi) is 10.2. The fourth-order valence-electron chi connectivity index (χ4n) is 2.98. The number of thiazole rings is 1. The van der Waals surface area contributed by atoms with Crippen LogP contribution in [0.1, 0.15) is 35.3 Å². The number of aliphatic hydroxyl groups is 1. The summed E-state index contributed by atoms with van der Waals surface area (Å²) < 4.78 is 5.53. The molecule has 1 aliphatic rings. The van der Waals surface area contributed by atoms with Crippen LogP contribution in [0.5, 0.6) is 0 Å². The SMILES string of the molecule is CCNC(=NCC1(CCO)CCOC1)NCCc1sc(C)nc1C.I. The van der Waals surface area contributed by atoms with Gasteiger partial charge in [-0.25, -0.2) is 4.98 Å². The molecule has 1 atom stereocenters. The number of halogens is 1. The number of hydrogen-bond donors (Lipinski definition) is 3. The van der Waals surface area contributed by atoms with Crippen molar-refractivity contribution in [2.45, 2.75) is 40.0 Å². The van der Waals surface area contributed by atoms with Crippen LogP contribution in [0.3, 0.4) is 0 Å². The van der Waals surface area contributed by atoms with Crippen LogP contribution in [-0.2, 0) is 11.2 Å². The Morgan fingerprint density at radius 3 is 2.76 bits per heavy atom. The van der Waals surface area contributed by atoms with Crippen LogP contribution in [0.4, 0.5) is 0 Å². The highest BCUT2D eigenvalue weighted by Crippen LogP contribution is 2.32. The van der Waals surface area contributed by atoms with Gasteiger partial charge in [0.05, 0.1) is 23.9 Å². The van der Waals surface area contributed by atoms with Gasteiger partial charge in [0.15, 0.2) is 5.96 Å². The Hall–Kier alpha value is -0.450. The maximum atomic E-state index is 9.32. The van der Waals surface area contributed by atoms with E-state index in [1.165, 1.54) is 4.88 Å². The Morgan fingerprint density at radius 1 is 1.40 bits per heavy atom. The molecule has 0 amide bonds. The van der Waals surface area contributed by atoms with Crippen LogP contribution in [0.15, 0.2) is 4.99 Å². The topological polar surface area (TPSA) is 78.8 Å². The number of aliphatic hydroxyl groups excluding tert-OH is 1. The van der Waals surface area contributed by atoms with E-state index in [0.29, 0.717) is 13.2 Å². The van der Waals surface area contributed by atoms with E-state index in [1.54, 1.807) is 11.3 Å². The van der Waals surface area contributed by atoms with Gasteiger partial charge in [0, 0.05) is 43.0 Å². The number of nitrogens with one attached hydrogen (secondary N) is 2. The molecule has 1 unspecified atom stereocenters. The molecule has 0 spiro atoms. The van der Waals surface area contributed by atoms with Crippen LogP contribution in [0, 0.1) is 19.3 Å². The first-order valence-electron chi connectivity index (χ1n) is 8.72. The van der Waals surface area contributed by atoms with E-state index >= 15 is 0 Å². The van der Waals surface area contributed by atoms with Gasteiger partial charge < -0.3 is 20.5 Å². The van der Waals surface area contributed by atoms with E-state index < -0.39 is 0 Å². The molecule has 1 aromatic heterocycles. The second-order valence-corrected chi connectivity index (χ2v) is 7.68. The fourth-order valence-corrected chi connectivity index (χ4v) is 3.91. The van der Waals surface area contributed by atoms with Crippen LogP contribution in [-0.4, -0.2) is 55.5 Å². The van der Waals surface area contributed by atoms with Crippen LogP contribution >= 0.6 is 35.3 Å².